The number of halogens is 3. The summed E-state index contributed by atoms with van der Waals surface area (Å²) in [4.78, 5) is 37.7. The van der Waals surface area contributed by atoms with E-state index in [-0.39, 0.29) is 48.3 Å². The summed E-state index contributed by atoms with van der Waals surface area (Å²) >= 11 is 0. The molecule has 0 radical (unpaired) electrons. The minimum Gasteiger partial charge on any atom is -0.322 e. The van der Waals surface area contributed by atoms with Crippen molar-refractivity contribution in [3.05, 3.63) is 34.1 Å². The number of rotatable bonds is 2. The maximum atomic E-state index is 15.0. The van der Waals surface area contributed by atoms with E-state index in [4.69, 9.17) is 0 Å². The van der Waals surface area contributed by atoms with Crippen LogP contribution >= 0.6 is 0 Å². The summed E-state index contributed by atoms with van der Waals surface area (Å²) in [6.07, 6.45) is 1.87. The van der Waals surface area contributed by atoms with Gasteiger partial charge >= 0.3 is 0 Å². The van der Waals surface area contributed by atoms with Crippen LogP contribution in [0.3, 0.4) is 0 Å². The first-order valence-electron chi connectivity index (χ1n) is 9.93. The first kappa shape index (κ1) is 18.6. The van der Waals surface area contributed by atoms with Crippen molar-refractivity contribution in [3.8, 4) is 0 Å². The van der Waals surface area contributed by atoms with Crippen LogP contribution < -0.4 is 10.6 Å². The maximum Gasteiger partial charge on any atom is 0.258 e. The Bertz CT molecular complexity index is 935. The Morgan fingerprint density at radius 1 is 0.897 bits per heavy atom. The molecule has 9 heteroatoms. The summed E-state index contributed by atoms with van der Waals surface area (Å²) in [7, 11) is 0. The Morgan fingerprint density at radius 2 is 1.59 bits per heavy atom. The highest BCUT2D eigenvalue weighted by Gasteiger charge is 2.48. The van der Waals surface area contributed by atoms with Gasteiger partial charge in [0.25, 0.3) is 5.91 Å². The molecule has 29 heavy (non-hydrogen) atoms. The summed E-state index contributed by atoms with van der Waals surface area (Å²) in [5, 5.41) is 5.46. The first-order valence-corrected chi connectivity index (χ1v) is 9.93. The Hall–Kier alpha value is -2.42. The quantitative estimate of drug-likeness (QED) is 0.577. The van der Waals surface area contributed by atoms with Crippen LogP contribution in [0.25, 0.3) is 0 Å². The molecule has 2 N–H and O–H groups in total. The zero-order chi connectivity index (χ0) is 20.4. The molecular formula is C20H20F3N3O3. The fourth-order valence-electron chi connectivity index (χ4n) is 5.63. The minimum absolute atomic E-state index is 0.0486. The molecule has 3 amide bonds. The zero-order valence-electron chi connectivity index (χ0n) is 15.6. The fraction of sp³-hybridized carbons (Fsp3) is 0.550. The van der Waals surface area contributed by atoms with Crippen LogP contribution in [0, 0.1) is 29.3 Å². The predicted molar refractivity (Wildman–Crippen MR) is 94.2 cm³/mol. The van der Waals surface area contributed by atoms with Gasteiger partial charge in [0, 0.05) is 18.5 Å². The number of amides is 3. The Labute approximate surface area is 164 Å². The van der Waals surface area contributed by atoms with Gasteiger partial charge in [0.2, 0.25) is 11.8 Å². The minimum atomic E-state index is -1.63. The van der Waals surface area contributed by atoms with Crippen molar-refractivity contribution in [1.29, 1.82) is 0 Å². The second-order valence-electron chi connectivity index (χ2n) is 8.39. The Kier molecular flexibility index (Phi) is 4.20. The molecule has 0 aromatic heterocycles. The molecule has 3 aliphatic heterocycles. The number of hydrogen-bond donors (Lipinski definition) is 2. The van der Waals surface area contributed by atoms with Gasteiger partial charge in [-0.3, -0.25) is 19.7 Å². The van der Waals surface area contributed by atoms with Crippen molar-refractivity contribution in [1.82, 2.24) is 15.5 Å². The van der Waals surface area contributed by atoms with E-state index in [0.29, 0.717) is 13.1 Å². The van der Waals surface area contributed by atoms with E-state index < -0.39 is 46.8 Å². The topological polar surface area (TPSA) is 78.5 Å². The van der Waals surface area contributed by atoms with Gasteiger partial charge < -0.3 is 10.2 Å². The molecule has 3 heterocycles. The molecule has 3 fully saturated rings. The van der Waals surface area contributed by atoms with Crippen LogP contribution in [-0.4, -0.2) is 41.8 Å². The molecule has 5 rings (SSSR count). The second kappa shape index (κ2) is 6.55. The lowest BCUT2D eigenvalue weighted by Crippen LogP contribution is -2.52. The van der Waals surface area contributed by atoms with Gasteiger partial charge in [-0.1, -0.05) is 0 Å². The summed E-state index contributed by atoms with van der Waals surface area (Å²) in [6.45, 7) is 1.17. The lowest BCUT2D eigenvalue weighted by atomic mass is 9.77. The Morgan fingerprint density at radius 3 is 2.24 bits per heavy atom. The van der Waals surface area contributed by atoms with Crippen LogP contribution in [0.15, 0.2) is 0 Å². The molecule has 2 saturated heterocycles. The summed E-state index contributed by atoms with van der Waals surface area (Å²) < 4.78 is 44.1. The van der Waals surface area contributed by atoms with Crippen LogP contribution in [-0.2, 0) is 16.1 Å². The van der Waals surface area contributed by atoms with Crippen LogP contribution in [0.4, 0.5) is 13.2 Å². The van der Waals surface area contributed by atoms with Crippen molar-refractivity contribution in [2.45, 2.75) is 44.2 Å². The van der Waals surface area contributed by atoms with Crippen LogP contribution in [0.1, 0.15) is 53.1 Å². The number of hydrogen-bond acceptors (Lipinski definition) is 4. The van der Waals surface area contributed by atoms with Crippen molar-refractivity contribution in [2.75, 3.05) is 13.1 Å². The number of imide groups is 1. The monoisotopic (exact) mass is 407 g/mol. The third kappa shape index (κ3) is 2.63. The van der Waals surface area contributed by atoms with Crippen molar-refractivity contribution < 1.29 is 27.6 Å². The lowest BCUT2D eigenvalue weighted by molar-refractivity contribution is -0.136. The third-order valence-electron chi connectivity index (χ3n) is 6.93. The molecule has 1 unspecified atom stereocenters. The average molecular weight is 407 g/mol. The maximum absolute atomic E-state index is 15.0. The molecule has 2 bridgehead atoms. The Balaban J connectivity index is 1.60. The van der Waals surface area contributed by atoms with Gasteiger partial charge in [-0.05, 0) is 55.7 Å². The highest BCUT2D eigenvalue weighted by Crippen LogP contribution is 2.50. The number of carbonyl (C=O) groups excluding carboxylic acids is 3. The molecule has 1 saturated carbocycles. The molecule has 154 valence electrons. The molecule has 1 aromatic carbocycles. The van der Waals surface area contributed by atoms with E-state index in [0.717, 1.165) is 17.7 Å². The first-order chi connectivity index (χ1) is 13.9. The van der Waals surface area contributed by atoms with Crippen molar-refractivity contribution in [3.63, 3.8) is 0 Å². The van der Waals surface area contributed by atoms with Gasteiger partial charge in [0.1, 0.15) is 6.04 Å². The number of carbonyl (C=O) groups is 3. The van der Waals surface area contributed by atoms with E-state index in [2.05, 4.69) is 10.6 Å². The smallest absolute Gasteiger partial charge is 0.258 e. The summed E-state index contributed by atoms with van der Waals surface area (Å²) in [5.74, 6) is -6.35. The lowest BCUT2D eigenvalue weighted by Gasteiger charge is -2.33. The van der Waals surface area contributed by atoms with E-state index in [1.165, 1.54) is 0 Å². The largest absolute Gasteiger partial charge is 0.322 e. The standard InChI is InChI=1S/C20H20F3N3O3/c21-16-14(13-8-1-2-9(13)6-24-5-8)10-7-26(11-3-4-12(27)25-19(11)28)20(29)15(10)17(22)18(16)23/h8-9,11,13,24H,1-7H2,(H,25,27,28)/t8-,9+,11?,13-. The molecule has 6 nitrogen and oxygen atoms in total. The van der Waals surface area contributed by atoms with Gasteiger partial charge in [-0.25, -0.2) is 13.2 Å². The summed E-state index contributed by atoms with van der Waals surface area (Å²) in [5.41, 5.74) is -0.225. The van der Waals surface area contributed by atoms with Crippen LogP contribution in [0.5, 0.6) is 0 Å². The van der Waals surface area contributed by atoms with Gasteiger partial charge in [-0.2, -0.15) is 0 Å². The molecular weight excluding hydrogens is 387 g/mol. The number of piperidine rings is 2. The number of nitrogens with zero attached hydrogens (tertiary/aromatic N) is 1. The van der Waals surface area contributed by atoms with Gasteiger partial charge in [0.15, 0.2) is 17.5 Å². The molecule has 1 aliphatic carbocycles. The fourth-order valence-corrected chi connectivity index (χ4v) is 5.63. The van der Waals surface area contributed by atoms with Crippen molar-refractivity contribution in [2.24, 2.45) is 11.8 Å². The number of nitrogens with one attached hydrogen (secondary N) is 2. The summed E-state index contributed by atoms with van der Waals surface area (Å²) in [6, 6.07) is -0.962. The number of fused-ring (bicyclic) bond motifs is 3. The average Bonchev–Trinajstić information content (AvgIpc) is 3.13. The highest BCUT2D eigenvalue weighted by molar-refractivity contribution is 6.05. The van der Waals surface area contributed by atoms with Crippen LogP contribution in [0.2, 0.25) is 0 Å². The number of benzene rings is 1. The second-order valence-corrected chi connectivity index (χ2v) is 8.39. The van der Waals surface area contributed by atoms with E-state index in [1.807, 2.05) is 0 Å². The van der Waals surface area contributed by atoms with E-state index in [1.54, 1.807) is 0 Å². The zero-order valence-corrected chi connectivity index (χ0v) is 15.6. The molecule has 4 aliphatic rings. The molecule has 1 aromatic rings. The third-order valence-corrected chi connectivity index (χ3v) is 6.93. The normalized spacial score (nSPS) is 31.3. The van der Waals surface area contributed by atoms with E-state index in [9.17, 15) is 23.2 Å². The SMILES string of the molecule is O=C1CCC(N2Cc3c(c(F)c(F)c(F)c3[C@@H]3[C@@H]4CC[C@H]3CNC4)C2=O)C(=O)N1. The molecule has 4 atom stereocenters. The highest BCUT2D eigenvalue weighted by atomic mass is 19.2. The van der Waals surface area contributed by atoms with Gasteiger partial charge in [-0.15, -0.1) is 0 Å². The predicted octanol–water partition coefficient (Wildman–Crippen LogP) is 1.58. The molecule has 0 spiro atoms. The van der Waals surface area contributed by atoms with Crippen molar-refractivity contribution >= 4 is 17.7 Å². The van der Waals surface area contributed by atoms with Gasteiger partial charge in [0.05, 0.1) is 5.56 Å². The van der Waals surface area contributed by atoms with E-state index >= 15 is 4.39 Å².